The van der Waals surface area contributed by atoms with E-state index in [2.05, 4.69) is 51.8 Å². The Balaban J connectivity index is 1.39. The molecule has 0 bridgehead atoms. The topological polar surface area (TPSA) is 58.3 Å². The molecule has 2 saturated heterocycles. The lowest BCUT2D eigenvalue weighted by atomic mass is 9.92. The maximum Gasteiger partial charge on any atom is 0.150 e. The molecule has 2 aliphatic rings. The van der Waals surface area contributed by atoms with Crippen LogP contribution in [0.5, 0.6) is 0 Å². The molecule has 2 unspecified atom stereocenters. The molecule has 2 aromatic heterocycles. The van der Waals surface area contributed by atoms with Gasteiger partial charge in [0.2, 0.25) is 0 Å². The van der Waals surface area contributed by atoms with Gasteiger partial charge < -0.3 is 9.42 Å². The van der Waals surface area contributed by atoms with Gasteiger partial charge in [-0.15, -0.1) is 0 Å². The van der Waals surface area contributed by atoms with Crippen LogP contribution in [0.4, 0.5) is 5.82 Å². The highest BCUT2D eigenvalue weighted by molar-refractivity contribution is 5.42. The Hall–Kier alpha value is -1.95. The normalized spacial score (nSPS) is 24.1. The molecule has 134 valence electrons. The predicted molar refractivity (Wildman–Crippen MR) is 96.4 cm³/mol. The second-order valence-electron chi connectivity index (χ2n) is 8.57. The molecular formula is C19H27N5O. The summed E-state index contributed by atoms with van der Waals surface area (Å²) in [5.74, 6) is 3.46. The van der Waals surface area contributed by atoms with Crippen molar-refractivity contribution < 1.29 is 4.52 Å². The molecule has 0 spiro atoms. The zero-order valence-electron chi connectivity index (χ0n) is 15.6. The smallest absolute Gasteiger partial charge is 0.150 e. The molecule has 0 amide bonds. The zero-order valence-corrected chi connectivity index (χ0v) is 15.6. The van der Waals surface area contributed by atoms with E-state index in [9.17, 15) is 0 Å². The largest absolute Gasteiger partial charge is 0.360 e. The molecule has 0 aromatic carbocycles. The highest BCUT2D eigenvalue weighted by Crippen LogP contribution is 2.34. The van der Waals surface area contributed by atoms with Crippen LogP contribution in [-0.4, -0.2) is 46.2 Å². The highest BCUT2D eigenvalue weighted by atomic mass is 16.5. The van der Waals surface area contributed by atoms with Gasteiger partial charge in [0.1, 0.15) is 12.1 Å². The Morgan fingerprint density at radius 2 is 1.80 bits per heavy atom. The van der Waals surface area contributed by atoms with E-state index >= 15 is 0 Å². The van der Waals surface area contributed by atoms with Gasteiger partial charge in [-0.3, -0.25) is 4.90 Å². The minimum absolute atomic E-state index is 0.0549. The molecule has 25 heavy (non-hydrogen) atoms. The predicted octanol–water partition coefficient (Wildman–Crippen LogP) is 2.64. The standard InChI is InChI=1S/C19H27N5O/c1-13-5-16(25-22-13)11-23-7-14-9-24(10-15(14)8-23)18-6-17(19(2,3)4)20-12-21-18/h5-6,12,14-15H,7-11H2,1-4H3. The molecule has 2 fully saturated rings. The van der Waals surface area contributed by atoms with Crippen LogP contribution >= 0.6 is 0 Å². The van der Waals surface area contributed by atoms with E-state index in [4.69, 9.17) is 4.52 Å². The third-order valence-corrected chi connectivity index (χ3v) is 5.36. The monoisotopic (exact) mass is 341 g/mol. The van der Waals surface area contributed by atoms with E-state index in [1.165, 1.54) is 0 Å². The number of hydrogen-bond acceptors (Lipinski definition) is 6. The number of anilines is 1. The van der Waals surface area contributed by atoms with Crippen molar-refractivity contribution in [1.82, 2.24) is 20.0 Å². The van der Waals surface area contributed by atoms with Gasteiger partial charge in [0.05, 0.1) is 17.9 Å². The first-order valence-electron chi connectivity index (χ1n) is 9.10. The summed E-state index contributed by atoms with van der Waals surface area (Å²) in [5, 5.41) is 3.99. The van der Waals surface area contributed by atoms with E-state index in [0.29, 0.717) is 11.8 Å². The molecule has 0 aliphatic carbocycles. The molecule has 0 N–H and O–H groups in total. The Bertz CT molecular complexity index is 736. The molecule has 2 aromatic rings. The molecule has 0 saturated carbocycles. The quantitative estimate of drug-likeness (QED) is 0.855. The van der Waals surface area contributed by atoms with E-state index in [0.717, 1.165) is 55.7 Å². The third kappa shape index (κ3) is 3.40. The zero-order chi connectivity index (χ0) is 17.6. The van der Waals surface area contributed by atoms with Gasteiger partial charge in [-0.25, -0.2) is 9.97 Å². The van der Waals surface area contributed by atoms with Gasteiger partial charge in [-0.05, 0) is 18.8 Å². The Morgan fingerprint density at radius 1 is 1.08 bits per heavy atom. The number of aromatic nitrogens is 3. The summed E-state index contributed by atoms with van der Waals surface area (Å²) in [6, 6.07) is 4.20. The number of likely N-dealkylation sites (tertiary alicyclic amines) is 1. The number of hydrogen-bond donors (Lipinski definition) is 0. The lowest BCUT2D eigenvalue weighted by Crippen LogP contribution is -2.29. The summed E-state index contributed by atoms with van der Waals surface area (Å²) in [7, 11) is 0. The van der Waals surface area contributed by atoms with Crippen LogP contribution in [0.2, 0.25) is 0 Å². The molecule has 6 nitrogen and oxygen atoms in total. The van der Waals surface area contributed by atoms with E-state index < -0.39 is 0 Å². The Kier molecular flexibility index (Phi) is 4.02. The fourth-order valence-corrected chi connectivity index (χ4v) is 4.05. The van der Waals surface area contributed by atoms with Crippen LogP contribution in [0, 0.1) is 18.8 Å². The minimum atomic E-state index is 0.0549. The molecule has 6 heteroatoms. The Morgan fingerprint density at radius 3 is 2.40 bits per heavy atom. The van der Waals surface area contributed by atoms with Crippen molar-refractivity contribution in [2.24, 2.45) is 11.8 Å². The van der Waals surface area contributed by atoms with Gasteiger partial charge in [0, 0.05) is 43.7 Å². The molecule has 4 rings (SSSR count). The van der Waals surface area contributed by atoms with Gasteiger partial charge in [0.15, 0.2) is 5.76 Å². The van der Waals surface area contributed by atoms with Crippen molar-refractivity contribution in [3.8, 4) is 0 Å². The first kappa shape index (κ1) is 16.5. The maximum absolute atomic E-state index is 5.36. The lowest BCUT2D eigenvalue weighted by Gasteiger charge is -2.24. The highest BCUT2D eigenvalue weighted by Gasteiger charge is 2.40. The molecule has 4 heterocycles. The van der Waals surface area contributed by atoms with Gasteiger partial charge in [-0.2, -0.15) is 0 Å². The first-order chi connectivity index (χ1) is 11.9. The molecule has 2 atom stereocenters. The molecule has 0 radical (unpaired) electrons. The molecule has 2 aliphatic heterocycles. The van der Waals surface area contributed by atoms with Crippen molar-refractivity contribution in [3.63, 3.8) is 0 Å². The van der Waals surface area contributed by atoms with Crippen molar-refractivity contribution >= 4 is 5.82 Å². The van der Waals surface area contributed by atoms with Crippen molar-refractivity contribution in [3.05, 3.63) is 35.6 Å². The van der Waals surface area contributed by atoms with Crippen molar-refractivity contribution in [2.75, 3.05) is 31.1 Å². The Labute approximate surface area is 149 Å². The van der Waals surface area contributed by atoms with E-state index in [1.807, 2.05) is 13.0 Å². The summed E-state index contributed by atoms with van der Waals surface area (Å²) in [6.45, 7) is 13.8. The summed E-state index contributed by atoms with van der Waals surface area (Å²) < 4.78 is 5.36. The fraction of sp³-hybridized carbons (Fsp3) is 0.632. The average molecular weight is 341 g/mol. The fourth-order valence-electron chi connectivity index (χ4n) is 4.05. The average Bonchev–Trinajstić information content (AvgIpc) is 3.22. The summed E-state index contributed by atoms with van der Waals surface area (Å²) in [4.78, 5) is 13.9. The summed E-state index contributed by atoms with van der Waals surface area (Å²) in [5.41, 5.74) is 2.12. The minimum Gasteiger partial charge on any atom is -0.360 e. The van der Waals surface area contributed by atoms with Crippen LogP contribution in [0.3, 0.4) is 0 Å². The second-order valence-corrected chi connectivity index (χ2v) is 8.57. The van der Waals surface area contributed by atoms with Crippen molar-refractivity contribution in [2.45, 2.75) is 39.7 Å². The van der Waals surface area contributed by atoms with Crippen LogP contribution in [0.25, 0.3) is 0 Å². The number of rotatable bonds is 3. The summed E-state index contributed by atoms with van der Waals surface area (Å²) in [6.07, 6.45) is 1.71. The maximum atomic E-state index is 5.36. The van der Waals surface area contributed by atoms with Crippen LogP contribution in [-0.2, 0) is 12.0 Å². The SMILES string of the molecule is Cc1cc(CN2CC3CN(c4cc(C(C)(C)C)ncn4)CC3C2)on1. The van der Waals surface area contributed by atoms with Gasteiger partial charge >= 0.3 is 0 Å². The lowest BCUT2D eigenvalue weighted by molar-refractivity contribution is 0.260. The summed E-state index contributed by atoms with van der Waals surface area (Å²) >= 11 is 0. The van der Waals surface area contributed by atoms with E-state index in [-0.39, 0.29) is 5.41 Å². The number of fused-ring (bicyclic) bond motifs is 1. The molecular weight excluding hydrogens is 314 g/mol. The van der Waals surface area contributed by atoms with Crippen LogP contribution in [0.15, 0.2) is 23.0 Å². The first-order valence-corrected chi connectivity index (χ1v) is 9.10. The van der Waals surface area contributed by atoms with Crippen LogP contribution in [0.1, 0.15) is 37.9 Å². The van der Waals surface area contributed by atoms with Gasteiger partial charge in [-0.1, -0.05) is 25.9 Å². The number of nitrogens with zero attached hydrogens (tertiary/aromatic N) is 5. The second kappa shape index (κ2) is 6.09. The van der Waals surface area contributed by atoms with Gasteiger partial charge in [0.25, 0.3) is 0 Å². The van der Waals surface area contributed by atoms with Crippen molar-refractivity contribution in [1.29, 1.82) is 0 Å². The van der Waals surface area contributed by atoms with Crippen LogP contribution < -0.4 is 4.90 Å². The third-order valence-electron chi connectivity index (χ3n) is 5.36. The number of aryl methyl sites for hydroxylation is 1. The van der Waals surface area contributed by atoms with E-state index in [1.54, 1.807) is 6.33 Å².